The van der Waals surface area contributed by atoms with Crippen LogP contribution in [0.1, 0.15) is 18.1 Å². The summed E-state index contributed by atoms with van der Waals surface area (Å²) in [5, 5.41) is 0. The van der Waals surface area contributed by atoms with Crippen molar-refractivity contribution >= 4 is 23.6 Å². The Morgan fingerprint density at radius 3 is 2.69 bits per heavy atom. The predicted molar refractivity (Wildman–Crippen MR) is 100 cm³/mol. The monoisotopic (exact) mass is 351 g/mol. The van der Waals surface area contributed by atoms with E-state index in [9.17, 15) is 9.59 Å². The molecule has 1 aliphatic rings. The highest BCUT2D eigenvalue weighted by Crippen LogP contribution is 2.31. The van der Waals surface area contributed by atoms with Gasteiger partial charge in [-0.2, -0.15) is 0 Å². The summed E-state index contributed by atoms with van der Waals surface area (Å²) < 4.78 is 10.3. The highest BCUT2D eigenvalue weighted by Gasteiger charge is 2.30. The summed E-state index contributed by atoms with van der Waals surface area (Å²) in [6.07, 6.45) is 3.72. The lowest BCUT2D eigenvalue weighted by atomic mass is 10.1. The zero-order valence-corrected chi connectivity index (χ0v) is 14.8. The number of carbonyl (C=O) groups is 2. The van der Waals surface area contributed by atoms with Gasteiger partial charge in [0, 0.05) is 23.4 Å². The van der Waals surface area contributed by atoms with Gasteiger partial charge in [-0.1, -0.05) is 36.4 Å². The van der Waals surface area contributed by atoms with Gasteiger partial charge in [0.15, 0.2) is 6.61 Å². The maximum atomic E-state index is 12.5. The van der Waals surface area contributed by atoms with Crippen LogP contribution in [0.15, 0.2) is 54.6 Å². The minimum atomic E-state index is -0.565. The average molecular weight is 351 g/mol. The number of hydrogen-bond acceptors (Lipinski definition) is 4. The van der Waals surface area contributed by atoms with Crippen LogP contribution >= 0.6 is 0 Å². The highest BCUT2D eigenvalue weighted by atomic mass is 16.5. The fourth-order valence-corrected chi connectivity index (χ4v) is 3.16. The van der Waals surface area contributed by atoms with Crippen molar-refractivity contribution in [1.29, 1.82) is 0 Å². The van der Waals surface area contributed by atoms with Crippen molar-refractivity contribution in [1.82, 2.24) is 0 Å². The van der Waals surface area contributed by atoms with E-state index in [4.69, 9.17) is 9.47 Å². The first kappa shape index (κ1) is 17.7. The van der Waals surface area contributed by atoms with Crippen molar-refractivity contribution in [3.05, 3.63) is 65.7 Å². The standard InChI is InChI=1S/C21H21NO4/c1-15-13-17-8-3-5-9-18(17)22(15)20(23)14-26-21(24)12-11-16-7-4-6-10-19(16)25-2/h3-12,15H,13-14H2,1-2H3. The molecule has 134 valence electrons. The first-order valence-corrected chi connectivity index (χ1v) is 8.48. The third-order valence-electron chi connectivity index (χ3n) is 4.35. The Kier molecular flexibility index (Phi) is 5.37. The molecule has 1 aliphatic heterocycles. The number of amides is 1. The van der Waals surface area contributed by atoms with E-state index in [2.05, 4.69) is 0 Å². The second-order valence-electron chi connectivity index (χ2n) is 6.13. The summed E-state index contributed by atoms with van der Waals surface area (Å²) in [6.45, 7) is 1.70. The van der Waals surface area contributed by atoms with Gasteiger partial charge < -0.3 is 14.4 Å². The van der Waals surface area contributed by atoms with Crippen LogP contribution < -0.4 is 9.64 Å². The Balaban J connectivity index is 1.60. The van der Waals surface area contributed by atoms with Crippen LogP contribution in [0.2, 0.25) is 0 Å². The van der Waals surface area contributed by atoms with E-state index in [1.54, 1.807) is 24.2 Å². The summed E-state index contributed by atoms with van der Waals surface area (Å²) in [7, 11) is 1.57. The largest absolute Gasteiger partial charge is 0.496 e. The van der Waals surface area contributed by atoms with E-state index in [0.29, 0.717) is 5.75 Å². The molecule has 1 amide bonds. The molecule has 0 aromatic heterocycles. The molecule has 0 fully saturated rings. The molecule has 5 heteroatoms. The van der Waals surface area contributed by atoms with E-state index >= 15 is 0 Å². The molecule has 0 saturated carbocycles. The van der Waals surface area contributed by atoms with Gasteiger partial charge in [-0.15, -0.1) is 0 Å². The van der Waals surface area contributed by atoms with Crippen molar-refractivity contribution < 1.29 is 19.1 Å². The molecular formula is C21H21NO4. The summed E-state index contributed by atoms with van der Waals surface area (Å²) in [4.78, 5) is 26.1. The topological polar surface area (TPSA) is 55.8 Å². The fourth-order valence-electron chi connectivity index (χ4n) is 3.16. The Bertz CT molecular complexity index is 843. The molecule has 1 unspecified atom stereocenters. The molecule has 0 saturated heterocycles. The van der Waals surface area contributed by atoms with Gasteiger partial charge in [0.25, 0.3) is 5.91 Å². The van der Waals surface area contributed by atoms with E-state index in [1.807, 2.05) is 49.4 Å². The van der Waals surface area contributed by atoms with Gasteiger partial charge in [-0.3, -0.25) is 4.79 Å². The third kappa shape index (κ3) is 3.77. The van der Waals surface area contributed by atoms with Crippen LogP contribution in [0, 0.1) is 0 Å². The number of para-hydroxylation sites is 2. The number of esters is 1. The van der Waals surface area contributed by atoms with Gasteiger partial charge in [-0.05, 0) is 37.1 Å². The van der Waals surface area contributed by atoms with Crippen molar-refractivity contribution in [2.24, 2.45) is 0 Å². The number of rotatable bonds is 5. The summed E-state index contributed by atoms with van der Waals surface area (Å²) in [5.41, 5.74) is 2.79. The zero-order valence-electron chi connectivity index (χ0n) is 14.8. The van der Waals surface area contributed by atoms with Gasteiger partial charge in [-0.25, -0.2) is 4.79 Å². The molecule has 1 heterocycles. The first-order chi connectivity index (χ1) is 12.6. The molecule has 2 aromatic rings. The molecule has 0 bridgehead atoms. The Hall–Kier alpha value is -3.08. The van der Waals surface area contributed by atoms with Crippen molar-refractivity contribution in [3.8, 4) is 5.75 Å². The number of nitrogens with zero attached hydrogens (tertiary/aromatic N) is 1. The van der Waals surface area contributed by atoms with Crippen molar-refractivity contribution in [3.63, 3.8) is 0 Å². The highest BCUT2D eigenvalue weighted by molar-refractivity contribution is 5.98. The number of fused-ring (bicyclic) bond motifs is 1. The number of methoxy groups -OCH3 is 1. The third-order valence-corrected chi connectivity index (χ3v) is 4.35. The molecule has 1 atom stereocenters. The Morgan fingerprint density at radius 2 is 1.88 bits per heavy atom. The number of ether oxygens (including phenoxy) is 2. The maximum absolute atomic E-state index is 12.5. The quantitative estimate of drug-likeness (QED) is 0.613. The van der Waals surface area contributed by atoms with E-state index in [-0.39, 0.29) is 18.6 Å². The SMILES string of the molecule is COc1ccccc1C=CC(=O)OCC(=O)N1c2ccccc2CC1C. The summed E-state index contributed by atoms with van der Waals surface area (Å²) in [5.74, 6) is -0.124. The summed E-state index contributed by atoms with van der Waals surface area (Å²) in [6, 6.07) is 15.2. The lowest BCUT2D eigenvalue weighted by Gasteiger charge is -2.22. The average Bonchev–Trinajstić information content (AvgIpc) is 3.00. The molecule has 26 heavy (non-hydrogen) atoms. The van der Waals surface area contributed by atoms with Gasteiger partial charge >= 0.3 is 5.97 Å². The summed E-state index contributed by atoms with van der Waals surface area (Å²) >= 11 is 0. The van der Waals surface area contributed by atoms with Crippen molar-refractivity contribution in [2.75, 3.05) is 18.6 Å². The molecule has 0 spiro atoms. The molecule has 0 radical (unpaired) electrons. The maximum Gasteiger partial charge on any atom is 0.331 e. The van der Waals surface area contributed by atoms with E-state index in [1.165, 1.54) is 6.08 Å². The van der Waals surface area contributed by atoms with E-state index in [0.717, 1.165) is 23.2 Å². The minimum Gasteiger partial charge on any atom is -0.496 e. The fraction of sp³-hybridized carbons (Fsp3) is 0.238. The van der Waals surface area contributed by atoms with Gasteiger partial charge in [0.2, 0.25) is 0 Å². The molecule has 3 rings (SSSR count). The first-order valence-electron chi connectivity index (χ1n) is 8.48. The Morgan fingerprint density at radius 1 is 1.15 bits per heavy atom. The molecule has 0 aliphatic carbocycles. The zero-order chi connectivity index (χ0) is 18.5. The van der Waals surface area contributed by atoms with Crippen LogP contribution in [-0.2, 0) is 20.7 Å². The van der Waals surface area contributed by atoms with E-state index < -0.39 is 5.97 Å². The number of hydrogen-bond donors (Lipinski definition) is 0. The van der Waals surface area contributed by atoms with Gasteiger partial charge in [0.05, 0.1) is 7.11 Å². The van der Waals surface area contributed by atoms with Crippen LogP contribution in [0.5, 0.6) is 5.75 Å². The lowest BCUT2D eigenvalue weighted by Crippen LogP contribution is -2.38. The number of carbonyl (C=O) groups excluding carboxylic acids is 2. The van der Waals surface area contributed by atoms with Crippen LogP contribution in [-0.4, -0.2) is 31.6 Å². The van der Waals surface area contributed by atoms with Gasteiger partial charge in [0.1, 0.15) is 5.75 Å². The van der Waals surface area contributed by atoms with Crippen LogP contribution in [0.25, 0.3) is 6.08 Å². The second-order valence-corrected chi connectivity index (χ2v) is 6.13. The molecular weight excluding hydrogens is 330 g/mol. The second kappa shape index (κ2) is 7.87. The minimum absolute atomic E-state index is 0.0581. The Labute approximate surface area is 152 Å². The molecule has 2 aromatic carbocycles. The predicted octanol–water partition coefficient (Wildman–Crippen LogP) is 3.23. The normalized spacial score (nSPS) is 15.8. The molecule has 0 N–H and O–H groups in total. The van der Waals surface area contributed by atoms with Crippen LogP contribution in [0.4, 0.5) is 5.69 Å². The van der Waals surface area contributed by atoms with Crippen molar-refractivity contribution in [2.45, 2.75) is 19.4 Å². The number of benzene rings is 2. The lowest BCUT2D eigenvalue weighted by molar-refractivity contribution is -0.143. The van der Waals surface area contributed by atoms with Crippen LogP contribution in [0.3, 0.4) is 0 Å². The number of anilines is 1. The molecule has 5 nitrogen and oxygen atoms in total. The smallest absolute Gasteiger partial charge is 0.331 e.